The largest absolute Gasteiger partial charge is 0.756 e. The zero-order valence-corrected chi connectivity index (χ0v) is 40.4. The first-order chi connectivity index (χ1) is 28.0. The highest BCUT2D eigenvalue weighted by molar-refractivity contribution is 7.45. The summed E-state index contributed by atoms with van der Waals surface area (Å²) in [5, 5.41) is 14.0. The lowest BCUT2D eigenvalue weighted by Crippen LogP contribution is -2.46. The Labute approximate surface area is 361 Å². The summed E-state index contributed by atoms with van der Waals surface area (Å²) in [6, 6.07) is -0.793. The number of carbonyl (C=O) groups excluding carboxylic acids is 1. The lowest BCUT2D eigenvalue weighted by atomic mass is 10.0. The third-order valence-corrected chi connectivity index (χ3v) is 12.8. The van der Waals surface area contributed by atoms with Gasteiger partial charge in [-0.25, -0.2) is 0 Å². The first kappa shape index (κ1) is 57.5. The third-order valence-electron chi connectivity index (χ3n) is 11.8. The molecule has 0 aromatic rings. The summed E-state index contributed by atoms with van der Waals surface area (Å²) in [6.07, 6.45) is 46.9. The summed E-state index contributed by atoms with van der Waals surface area (Å²) in [7, 11) is 1.32. The first-order valence-electron chi connectivity index (χ1n) is 25.4. The normalized spacial score (nSPS) is 14.1. The molecule has 2 N–H and O–H groups in total. The van der Waals surface area contributed by atoms with Crippen LogP contribution < -0.4 is 10.2 Å². The molecule has 0 heterocycles. The van der Waals surface area contributed by atoms with Crippen LogP contribution in [0.15, 0.2) is 0 Å². The molecular formula is C49H101N2O6P. The van der Waals surface area contributed by atoms with Crippen molar-refractivity contribution in [3.05, 3.63) is 0 Å². The molecule has 0 aromatic heterocycles. The lowest BCUT2D eigenvalue weighted by molar-refractivity contribution is -0.870. The topological polar surface area (TPSA) is 108 Å². The van der Waals surface area contributed by atoms with Crippen molar-refractivity contribution in [1.82, 2.24) is 5.32 Å². The standard InChI is InChI=1S/C49H101N2O6P/c1-6-8-10-12-14-16-18-20-21-22-23-24-25-26-27-28-29-30-31-32-34-36-38-40-42-48(52)47(46-57-58(54,55)56-45-44-51(3,4)5)50-49(53)43-41-39-37-35-33-19-17-15-13-11-9-7-2/h47-48,52H,6-46H2,1-5H3,(H-,50,53,54,55). The van der Waals surface area contributed by atoms with Crippen LogP contribution in [-0.4, -0.2) is 68.5 Å². The molecule has 0 aliphatic rings. The number of carbonyl (C=O) groups is 1. The van der Waals surface area contributed by atoms with Crippen LogP contribution in [0.4, 0.5) is 0 Å². The number of rotatable bonds is 47. The predicted molar refractivity (Wildman–Crippen MR) is 247 cm³/mol. The molecule has 0 saturated carbocycles. The lowest BCUT2D eigenvalue weighted by Gasteiger charge is -2.30. The second kappa shape index (κ2) is 41.8. The molecule has 58 heavy (non-hydrogen) atoms. The summed E-state index contributed by atoms with van der Waals surface area (Å²) in [5.74, 6) is -0.161. The smallest absolute Gasteiger partial charge is 0.268 e. The molecule has 8 nitrogen and oxygen atoms in total. The maximum Gasteiger partial charge on any atom is 0.268 e. The Morgan fingerprint density at radius 3 is 1.17 bits per heavy atom. The fraction of sp³-hybridized carbons (Fsp3) is 0.980. The molecule has 348 valence electrons. The van der Waals surface area contributed by atoms with Gasteiger partial charge in [-0.05, 0) is 12.8 Å². The molecule has 1 amide bonds. The fourth-order valence-corrected chi connectivity index (χ4v) is 8.53. The van der Waals surface area contributed by atoms with Crippen LogP contribution in [0, 0.1) is 0 Å². The van der Waals surface area contributed by atoms with Gasteiger partial charge in [0.05, 0.1) is 39.9 Å². The zero-order chi connectivity index (χ0) is 42.8. The highest BCUT2D eigenvalue weighted by Crippen LogP contribution is 2.38. The quantitative estimate of drug-likeness (QED) is 0.0359. The molecule has 0 bridgehead atoms. The number of phosphoric acid groups is 1. The molecule has 0 radical (unpaired) electrons. The number of likely N-dealkylation sites (N-methyl/N-ethyl adjacent to an activating group) is 1. The number of aliphatic hydroxyl groups excluding tert-OH is 1. The van der Waals surface area contributed by atoms with Gasteiger partial charge in [0.25, 0.3) is 7.82 Å². The minimum absolute atomic E-state index is 0.0162. The van der Waals surface area contributed by atoms with Gasteiger partial charge in [0.15, 0.2) is 0 Å². The van der Waals surface area contributed by atoms with Crippen molar-refractivity contribution in [1.29, 1.82) is 0 Å². The van der Waals surface area contributed by atoms with Crippen LogP contribution in [0.25, 0.3) is 0 Å². The van der Waals surface area contributed by atoms with Crippen molar-refractivity contribution in [2.75, 3.05) is 40.9 Å². The third kappa shape index (κ3) is 43.6. The SMILES string of the molecule is CCCCCCCCCCCCCCCCCCCCCCCCCCC(O)C(COP(=O)([O-])OCC[N+](C)(C)C)NC(=O)CCCCCCCCCCCCCC. The number of aliphatic hydroxyl groups is 1. The van der Waals surface area contributed by atoms with E-state index >= 15 is 0 Å². The molecular weight excluding hydrogens is 744 g/mol. The number of hydrogen-bond acceptors (Lipinski definition) is 6. The van der Waals surface area contributed by atoms with E-state index in [-0.39, 0.29) is 19.1 Å². The van der Waals surface area contributed by atoms with E-state index in [0.29, 0.717) is 23.9 Å². The monoisotopic (exact) mass is 845 g/mol. The molecule has 0 aliphatic heterocycles. The van der Waals surface area contributed by atoms with Crippen LogP contribution in [-0.2, 0) is 18.4 Å². The van der Waals surface area contributed by atoms with Crippen LogP contribution in [0.3, 0.4) is 0 Å². The number of unbranched alkanes of at least 4 members (excludes halogenated alkanes) is 34. The number of quaternary nitrogens is 1. The Morgan fingerprint density at radius 2 is 0.845 bits per heavy atom. The Hall–Kier alpha value is -0.500. The van der Waals surface area contributed by atoms with E-state index in [9.17, 15) is 19.4 Å². The number of amides is 1. The highest BCUT2D eigenvalue weighted by Gasteiger charge is 2.24. The summed E-state index contributed by atoms with van der Waals surface area (Å²) in [5.41, 5.74) is 0. The van der Waals surface area contributed by atoms with Crippen molar-refractivity contribution in [3.63, 3.8) is 0 Å². The maximum absolute atomic E-state index is 12.9. The zero-order valence-electron chi connectivity index (χ0n) is 39.5. The van der Waals surface area contributed by atoms with E-state index in [1.807, 2.05) is 21.1 Å². The van der Waals surface area contributed by atoms with E-state index in [2.05, 4.69) is 19.2 Å². The van der Waals surface area contributed by atoms with Crippen LogP contribution in [0.2, 0.25) is 0 Å². The van der Waals surface area contributed by atoms with Gasteiger partial charge >= 0.3 is 0 Å². The molecule has 0 spiro atoms. The van der Waals surface area contributed by atoms with Crippen LogP contribution in [0.5, 0.6) is 0 Å². The van der Waals surface area contributed by atoms with Crippen LogP contribution in [0.1, 0.15) is 258 Å². The predicted octanol–water partition coefficient (Wildman–Crippen LogP) is 13.9. The number of hydrogen-bond donors (Lipinski definition) is 2. The van der Waals surface area contributed by atoms with Crippen molar-refractivity contribution in [2.45, 2.75) is 270 Å². The van der Waals surface area contributed by atoms with Gasteiger partial charge in [-0.3, -0.25) is 9.36 Å². The summed E-state index contributed by atoms with van der Waals surface area (Å²) < 4.78 is 23.3. The number of phosphoric ester groups is 1. The first-order valence-corrected chi connectivity index (χ1v) is 26.8. The van der Waals surface area contributed by atoms with Gasteiger partial charge in [0, 0.05) is 6.42 Å². The van der Waals surface area contributed by atoms with Crippen molar-refractivity contribution >= 4 is 13.7 Å². The Morgan fingerprint density at radius 1 is 0.534 bits per heavy atom. The van der Waals surface area contributed by atoms with Crippen molar-refractivity contribution in [3.8, 4) is 0 Å². The summed E-state index contributed by atoms with van der Waals surface area (Å²) >= 11 is 0. The van der Waals surface area contributed by atoms with Gasteiger partial charge < -0.3 is 28.8 Å². The molecule has 3 unspecified atom stereocenters. The molecule has 3 atom stereocenters. The van der Waals surface area contributed by atoms with Gasteiger partial charge in [-0.1, -0.05) is 239 Å². The average Bonchev–Trinajstić information content (AvgIpc) is 3.17. The second-order valence-electron chi connectivity index (χ2n) is 18.9. The highest BCUT2D eigenvalue weighted by atomic mass is 31.2. The van der Waals surface area contributed by atoms with Crippen molar-refractivity contribution < 1.29 is 32.9 Å². The molecule has 0 aliphatic carbocycles. The van der Waals surface area contributed by atoms with E-state index < -0.39 is 20.0 Å². The molecule has 0 fully saturated rings. The van der Waals surface area contributed by atoms with E-state index in [1.165, 1.54) is 193 Å². The second-order valence-corrected chi connectivity index (χ2v) is 20.3. The maximum atomic E-state index is 12.9. The minimum Gasteiger partial charge on any atom is -0.756 e. The molecule has 0 aromatic carbocycles. The number of nitrogens with one attached hydrogen (secondary N) is 1. The summed E-state index contributed by atoms with van der Waals surface area (Å²) in [6.45, 7) is 4.75. The summed E-state index contributed by atoms with van der Waals surface area (Å²) in [4.78, 5) is 25.4. The van der Waals surface area contributed by atoms with E-state index in [4.69, 9.17) is 9.05 Å². The van der Waals surface area contributed by atoms with E-state index in [1.54, 1.807) is 0 Å². The Bertz CT molecular complexity index is 916. The van der Waals surface area contributed by atoms with E-state index in [0.717, 1.165) is 38.5 Å². The fourth-order valence-electron chi connectivity index (χ4n) is 7.81. The van der Waals surface area contributed by atoms with Crippen LogP contribution >= 0.6 is 7.82 Å². The average molecular weight is 845 g/mol. The molecule has 0 rings (SSSR count). The minimum atomic E-state index is -4.56. The van der Waals surface area contributed by atoms with Gasteiger partial charge in [0.2, 0.25) is 5.91 Å². The number of nitrogens with zero attached hydrogens (tertiary/aromatic N) is 1. The van der Waals surface area contributed by atoms with Gasteiger partial charge in [-0.2, -0.15) is 0 Å². The van der Waals surface area contributed by atoms with Gasteiger partial charge in [-0.15, -0.1) is 0 Å². The van der Waals surface area contributed by atoms with Crippen molar-refractivity contribution in [2.24, 2.45) is 0 Å². The van der Waals surface area contributed by atoms with Gasteiger partial charge in [0.1, 0.15) is 13.2 Å². The Kier molecular flexibility index (Phi) is 41.5. The Balaban J connectivity index is 4.14. The molecule has 0 saturated heterocycles. The molecule has 9 heteroatoms.